The van der Waals surface area contributed by atoms with E-state index in [2.05, 4.69) is 26.1 Å². The highest BCUT2D eigenvalue weighted by molar-refractivity contribution is 7.16. The third-order valence-electron chi connectivity index (χ3n) is 2.96. The molecule has 0 radical (unpaired) electrons. The van der Waals surface area contributed by atoms with Gasteiger partial charge in [0.15, 0.2) is 0 Å². The molecule has 3 nitrogen and oxygen atoms in total. The van der Waals surface area contributed by atoms with E-state index in [0.29, 0.717) is 6.04 Å². The average Bonchev–Trinajstić information content (AvgIpc) is 2.21. The van der Waals surface area contributed by atoms with Crippen LogP contribution in [-0.4, -0.2) is 55.4 Å². The summed E-state index contributed by atoms with van der Waals surface area (Å²) >= 11 is 0. The number of likely N-dealkylation sites (tertiary alicyclic amines) is 1. The van der Waals surface area contributed by atoms with Crippen molar-refractivity contribution in [2.24, 2.45) is 5.73 Å². The first-order valence-electron chi connectivity index (χ1n) is 5.59. The molecular formula is C10H24N3P. The van der Waals surface area contributed by atoms with Crippen LogP contribution in [0, 0.1) is 0 Å². The molecule has 0 aromatic heterocycles. The smallest absolute Gasteiger partial charge is 0.0123 e. The molecule has 0 spiro atoms. The van der Waals surface area contributed by atoms with Gasteiger partial charge in [-0.25, -0.2) is 0 Å². The molecule has 0 bridgehead atoms. The van der Waals surface area contributed by atoms with Gasteiger partial charge in [-0.2, -0.15) is 0 Å². The van der Waals surface area contributed by atoms with Crippen LogP contribution in [0.1, 0.15) is 19.3 Å². The van der Waals surface area contributed by atoms with Crippen molar-refractivity contribution < 1.29 is 0 Å². The van der Waals surface area contributed by atoms with Crippen LogP contribution >= 0.6 is 9.24 Å². The molecule has 0 saturated carbocycles. The zero-order valence-corrected chi connectivity index (χ0v) is 10.4. The quantitative estimate of drug-likeness (QED) is 0.683. The van der Waals surface area contributed by atoms with Gasteiger partial charge in [-0.1, -0.05) is 0 Å². The molecule has 0 aromatic rings. The van der Waals surface area contributed by atoms with Crippen LogP contribution in [0.4, 0.5) is 0 Å². The van der Waals surface area contributed by atoms with E-state index in [0.717, 1.165) is 6.29 Å². The van der Waals surface area contributed by atoms with Crippen LogP contribution in [-0.2, 0) is 0 Å². The Balaban J connectivity index is 2.02. The molecule has 0 aromatic carbocycles. The standard InChI is InChI=1S/C10H24N3P/c1-12(9-14)5-2-6-13-7-3-10(11)4-8-13/h10H,2-9,11,14H2,1H3. The maximum absolute atomic E-state index is 5.86. The Hall–Kier alpha value is 0.310. The molecule has 1 rings (SSSR count). The van der Waals surface area contributed by atoms with Crippen LogP contribution in [0.3, 0.4) is 0 Å². The molecule has 1 atom stereocenters. The Labute approximate surface area is 90.2 Å². The van der Waals surface area contributed by atoms with Gasteiger partial charge in [-0.15, -0.1) is 9.24 Å². The Kier molecular flexibility index (Phi) is 5.95. The van der Waals surface area contributed by atoms with Crippen LogP contribution in [0.5, 0.6) is 0 Å². The van der Waals surface area contributed by atoms with E-state index < -0.39 is 0 Å². The highest BCUT2D eigenvalue weighted by Gasteiger charge is 2.14. The third-order valence-corrected chi connectivity index (χ3v) is 3.58. The lowest BCUT2D eigenvalue weighted by Crippen LogP contribution is -2.40. The van der Waals surface area contributed by atoms with Crippen LogP contribution in [0.2, 0.25) is 0 Å². The topological polar surface area (TPSA) is 32.5 Å². The van der Waals surface area contributed by atoms with Gasteiger partial charge in [-0.3, -0.25) is 0 Å². The Morgan fingerprint density at radius 2 is 2.07 bits per heavy atom. The Bertz CT molecular complexity index is 146. The zero-order valence-electron chi connectivity index (χ0n) is 9.28. The van der Waals surface area contributed by atoms with E-state index in [-0.39, 0.29) is 0 Å². The molecule has 1 saturated heterocycles. The minimum Gasteiger partial charge on any atom is -0.328 e. The highest BCUT2D eigenvalue weighted by atomic mass is 31.0. The lowest BCUT2D eigenvalue weighted by molar-refractivity contribution is 0.203. The number of nitrogens with two attached hydrogens (primary N) is 1. The second kappa shape index (κ2) is 6.73. The van der Waals surface area contributed by atoms with Gasteiger partial charge in [0.1, 0.15) is 0 Å². The average molecular weight is 217 g/mol. The summed E-state index contributed by atoms with van der Waals surface area (Å²) in [4.78, 5) is 4.88. The van der Waals surface area contributed by atoms with Crippen LogP contribution in [0.15, 0.2) is 0 Å². The summed E-state index contributed by atoms with van der Waals surface area (Å²) in [7, 11) is 4.92. The third kappa shape index (κ3) is 4.70. The van der Waals surface area contributed by atoms with Gasteiger partial charge in [0, 0.05) is 12.3 Å². The minimum absolute atomic E-state index is 0.459. The SMILES string of the molecule is CN(CP)CCCN1CCC(N)CC1. The van der Waals surface area contributed by atoms with Crippen molar-refractivity contribution >= 4 is 9.24 Å². The highest BCUT2D eigenvalue weighted by Crippen LogP contribution is 2.08. The van der Waals surface area contributed by atoms with E-state index >= 15 is 0 Å². The van der Waals surface area contributed by atoms with Crippen molar-refractivity contribution in [1.29, 1.82) is 0 Å². The summed E-state index contributed by atoms with van der Waals surface area (Å²) in [6.07, 6.45) is 4.71. The monoisotopic (exact) mass is 217 g/mol. The number of piperidine rings is 1. The van der Waals surface area contributed by atoms with Gasteiger partial charge < -0.3 is 15.5 Å². The summed E-state index contributed by atoms with van der Waals surface area (Å²) < 4.78 is 0. The van der Waals surface area contributed by atoms with E-state index in [9.17, 15) is 0 Å². The second-order valence-electron chi connectivity index (χ2n) is 4.29. The van der Waals surface area contributed by atoms with Gasteiger partial charge in [0.2, 0.25) is 0 Å². The molecule has 1 aliphatic rings. The minimum atomic E-state index is 0.459. The molecule has 1 aliphatic heterocycles. The summed E-state index contributed by atoms with van der Waals surface area (Å²) in [6.45, 7) is 4.84. The lowest BCUT2D eigenvalue weighted by Gasteiger charge is -2.30. The predicted molar refractivity (Wildman–Crippen MR) is 65.5 cm³/mol. The molecule has 2 N–H and O–H groups in total. The molecule has 4 heteroatoms. The van der Waals surface area contributed by atoms with Crippen molar-refractivity contribution in [3.63, 3.8) is 0 Å². The lowest BCUT2D eigenvalue weighted by atomic mass is 10.1. The van der Waals surface area contributed by atoms with Gasteiger partial charge >= 0.3 is 0 Å². The van der Waals surface area contributed by atoms with E-state index in [1.54, 1.807) is 0 Å². The fourth-order valence-corrected chi connectivity index (χ4v) is 2.01. The fraction of sp³-hybridized carbons (Fsp3) is 1.00. The van der Waals surface area contributed by atoms with E-state index in [1.807, 2.05) is 0 Å². The first-order valence-corrected chi connectivity index (χ1v) is 6.40. The molecule has 0 aliphatic carbocycles. The van der Waals surface area contributed by atoms with Crippen molar-refractivity contribution in [3.8, 4) is 0 Å². The maximum atomic E-state index is 5.86. The van der Waals surface area contributed by atoms with Gasteiger partial charge in [0.25, 0.3) is 0 Å². The number of hydrogen-bond acceptors (Lipinski definition) is 3. The van der Waals surface area contributed by atoms with Gasteiger partial charge in [0.05, 0.1) is 0 Å². The summed E-state index contributed by atoms with van der Waals surface area (Å²) in [6, 6.07) is 0.459. The Morgan fingerprint density at radius 3 is 2.64 bits per heavy atom. The summed E-state index contributed by atoms with van der Waals surface area (Å²) in [5.41, 5.74) is 5.86. The second-order valence-corrected chi connectivity index (χ2v) is 4.66. The normalized spacial score (nSPS) is 20.6. The van der Waals surface area contributed by atoms with Gasteiger partial charge in [-0.05, 0) is 52.5 Å². The van der Waals surface area contributed by atoms with Crippen LogP contribution in [0.25, 0.3) is 0 Å². The molecular weight excluding hydrogens is 193 g/mol. The summed E-state index contributed by atoms with van der Waals surface area (Å²) in [5, 5.41) is 0. The first-order chi connectivity index (χ1) is 6.72. The van der Waals surface area contributed by atoms with Crippen molar-refractivity contribution in [1.82, 2.24) is 9.80 Å². The van der Waals surface area contributed by atoms with Crippen molar-refractivity contribution in [2.75, 3.05) is 39.5 Å². The molecule has 84 valence electrons. The predicted octanol–water partition coefficient (Wildman–Crippen LogP) is 0.564. The largest absolute Gasteiger partial charge is 0.328 e. The molecule has 1 heterocycles. The van der Waals surface area contributed by atoms with Crippen LogP contribution < -0.4 is 5.73 Å². The molecule has 1 unspecified atom stereocenters. The zero-order chi connectivity index (χ0) is 10.4. The summed E-state index contributed by atoms with van der Waals surface area (Å²) in [5.74, 6) is 0. The fourth-order valence-electron chi connectivity index (χ4n) is 1.83. The number of rotatable bonds is 5. The van der Waals surface area contributed by atoms with E-state index in [4.69, 9.17) is 5.73 Å². The van der Waals surface area contributed by atoms with Crippen molar-refractivity contribution in [3.05, 3.63) is 0 Å². The molecule has 0 amide bonds. The molecule has 14 heavy (non-hydrogen) atoms. The number of hydrogen-bond donors (Lipinski definition) is 1. The Morgan fingerprint density at radius 1 is 1.43 bits per heavy atom. The maximum Gasteiger partial charge on any atom is 0.0123 e. The number of nitrogens with zero attached hydrogens (tertiary/aromatic N) is 2. The molecule has 1 fully saturated rings. The van der Waals surface area contributed by atoms with Crippen molar-refractivity contribution in [2.45, 2.75) is 25.3 Å². The van der Waals surface area contributed by atoms with E-state index in [1.165, 1.54) is 45.4 Å². The first kappa shape index (κ1) is 12.4.